The lowest BCUT2D eigenvalue weighted by Crippen LogP contribution is -2.56. The van der Waals surface area contributed by atoms with E-state index in [1.807, 2.05) is 0 Å². The maximum atomic E-state index is 12.2. The highest BCUT2D eigenvalue weighted by atomic mass is 16.5. The highest BCUT2D eigenvalue weighted by Crippen LogP contribution is 2.38. The van der Waals surface area contributed by atoms with Gasteiger partial charge in [-0.2, -0.15) is 0 Å². The van der Waals surface area contributed by atoms with Gasteiger partial charge in [-0.3, -0.25) is 4.79 Å². The van der Waals surface area contributed by atoms with Crippen molar-refractivity contribution in [2.75, 3.05) is 33.3 Å². The quantitative estimate of drug-likeness (QED) is 0.685. The van der Waals surface area contributed by atoms with Crippen molar-refractivity contribution in [1.29, 1.82) is 0 Å². The fourth-order valence-electron chi connectivity index (χ4n) is 3.36. The van der Waals surface area contributed by atoms with Gasteiger partial charge in [-0.15, -0.1) is 0 Å². The minimum absolute atomic E-state index is 0.0728. The van der Waals surface area contributed by atoms with E-state index in [9.17, 15) is 4.79 Å². The van der Waals surface area contributed by atoms with E-state index in [2.05, 4.69) is 31.0 Å². The first-order valence-corrected chi connectivity index (χ1v) is 7.70. The molecule has 0 amide bonds. The summed E-state index contributed by atoms with van der Waals surface area (Å²) in [6, 6.07) is 0. The molecule has 1 saturated carbocycles. The Morgan fingerprint density at radius 1 is 1.37 bits per heavy atom. The summed E-state index contributed by atoms with van der Waals surface area (Å²) < 4.78 is 5.06. The molecule has 2 unspecified atom stereocenters. The lowest BCUT2D eigenvalue weighted by Gasteiger charge is -2.34. The van der Waals surface area contributed by atoms with Crippen LogP contribution < -0.4 is 5.32 Å². The van der Waals surface area contributed by atoms with Gasteiger partial charge in [0.05, 0.1) is 7.11 Å². The second-order valence-electron chi connectivity index (χ2n) is 5.41. The minimum Gasteiger partial charge on any atom is -0.468 e. The van der Waals surface area contributed by atoms with Gasteiger partial charge < -0.3 is 15.0 Å². The third-order valence-electron chi connectivity index (χ3n) is 4.63. The van der Waals surface area contributed by atoms with E-state index in [1.54, 1.807) is 0 Å². The molecule has 0 aromatic heterocycles. The fourth-order valence-corrected chi connectivity index (χ4v) is 3.36. The van der Waals surface area contributed by atoms with Crippen LogP contribution in [0.25, 0.3) is 0 Å². The van der Waals surface area contributed by atoms with Crippen LogP contribution in [-0.2, 0) is 9.53 Å². The maximum absolute atomic E-state index is 12.2. The van der Waals surface area contributed by atoms with Crippen molar-refractivity contribution in [2.45, 2.75) is 52.0 Å². The monoisotopic (exact) mass is 270 g/mol. The number of ether oxygens (including phenoxy) is 1. The van der Waals surface area contributed by atoms with E-state index < -0.39 is 5.54 Å². The van der Waals surface area contributed by atoms with Gasteiger partial charge in [-0.05, 0) is 31.8 Å². The summed E-state index contributed by atoms with van der Waals surface area (Å²) in [5, 5.41) is 3.53. The molecular formula is C15H30N2O2. The molecule has 4 nitrogen and oxygen atoms in total. The molecule has 0 aliphatic heterocycles. The first-order valence-electron chi connectivity index (χ1n) is 7.70. The molecule has 1 rings (SSSR count). The van der Waals surface area contributed by atoms with Gasteiger partial charge in [-0.1, -0.05) is 33.6 Å². The molecule has 0 spiro atoms. The SMILES string of the molecule is CCC1CCCC1(NCCN(CC)CC)C(=O)OC. The van der Waals surface area contributed by atoms with Crippen molar-refractivity contribution < 1.29 is 9.53 Å². The van der Waals surface area contributed by atoms with Crippen LogP contribution in [-0.4, -0.2) is 49.7 Å². The molecule has 4 heteroatoms. The van der Waals surface area contributed by atoms with E-state index in [0.29, 0.717) is 5.92 Å². The van der Waals surface area contributed by atoms with Gasteiger partial charge in [0.15, 0.2) is 0 Å². The number of hydrogen-bond donors (Lipinski definition) is 1. The highest BCUT2D eigenvalue weighted by molar-refractivity contribution is 5.81. The topological polar surface area (TPSA) is 41.6 Å². The van der Waals surface area contributed by atoms with Gasteiger partial charge in [0.25, 0.3) is 0 Å². The maximum Gasteiger partial charge on any atom is 0.326 e. The zero-order chi connectivity index (χ0) is 14.3. The number of methoxy groups -OCH3 is 1. The summed E-state index contributed by atoms with van der Waals surface area (Å²) in [4.78, 5) is 14.6. The van der Waals surface area contributed by atoms with Crippen molar-refractivity contribution in [3.8, 4) is 0 Å². The van der Waals surface area contributed by atoms with Gasteiger partial charge in [0.1, 0.15) is 5.54 Å². The summed E-state index contributed by atoms with van der Waals surface area (Å²) >= 11 is 0. The second kappa shape index (κ2) is 7.85. The number of nitrogens with one attached hydrogen (secondary N) is 1. The average molecular weight is 270 g/mol. The molecule has 0 aromatic carbocycles. The molecule has 0 saturated heterocycles. The predicted octanol–water partition coefficient (Wildman–Crippen LogP) is 2.04. The summed E-state index contributed by atoms with van der Waals surface area (Å²) in [7, 11) is 1.50. The number of carbonyl (C=O) groups is 1. The normalized spacial score (nSPS) is 26.9. The number of esters is 1. The van der Waals surface area contributed by atoms with Crippen LogP contribution in [0, 0.1) is 5.92 Å². The molecule has 0 bridgehead atoms. The Kier molecular flexibility index (Phi) is 6.80. The predicted molar refractivity (Wildman–Crippen MR) is 78.2 cm³/mol. The van der Waals surface area contributed by atoms with Crippen molar-refractivity contribution in [3.63, 3.8) is 0 Å². The van der Waals surface area contributed by atoms with E-state index in [0.717, 1.165) is 51.9 Å². The molecule has 0 radical (unpaired) electrons. The number of rotatable bonds is 8. The molecule has 2 atom stereocenters. The van der Waals surface area contributed by atoms with Crippen molar-refractivity contribution in [2.24, 2.45) is 5.92 Å². The summed E-state index contributed by atoms with van der Waals surface area (Å²) in [5.41, 5.74) is -0.434. The lowest BCUT2D eigenvalue weighted by molar-refractivity contribution is -0.150. The Bertz CT molecular complexity index is 279. The Morgan fingerprint density at radius 3 is 2.58 bits per heavy atom. The third-order valence-corrected chi connectivity index (χ3v) is 4.63. The highest BCUT2D eigenvalue weighted by Gasteiger charge is 2.48. The Morgan fingerprint density at radius 2 is 2.05 bits per heavy atom. The first-order chi connectivity index (χ1) is 9.14. The van der Waals surface area contributed by atoms with E-state index in [1.165, 1.54) is 7.11 Å². The van der Waals surface area contributed by atoms with Crippen LogP contribution in [0.1, 0.15) is 46.5 Å². The molecule has 1 fully saturated rings. The minimum atomic E-state index is -0.434. The van der Waals surface area contributed by atoms with Crippen molar-refractivity contribution in [3.05, 3.63) is 0 Å². The van der Waals surface area contributed by atoms with Crippen LogP contribution in [0.5, 0.6) is 0 Å². The van der Waals surface area contributed by atoms with Gasteiger partial charge in [-0.25, -0.2) is 0 Å². The van der Waals surface area contributed by atoms with Crippen LogP contribution in [0.3, 0.4) is 0 Å². The van der Waals surface area contributed by atoms with Gasteiger partial charge in [0.2, 0.25) is 0 Å². The first kappa shape index (κ1) is 16.4. The van der Waals surface area contributed by atoms with Crippen LogP contribution in [0.4, 0.5) is 0 Å². The van der Waals surface area contributed by atoms with Gasteiger partial charge >= 0.3 is 5.97 Å². The van der Waals surface area contributed by atoms with Crippen LogP contribution in [0.15, 0.2) is 0 Å². The number of carbonyl (C=O) groups excluding carboxylic acids is 1. The average Bonchev–Trinajstić information content (AvgIpc) is 2.86. The number of nitrogens with zero attached hydrogens (tertiary/aromatic N) is 1. The summed E-state index contributed by atoms with van der Waals surface area (Å²) in [6.45, 7) is 10.5. The van der Waals surface area contributed by atoms with Crippen molar-refractivity contribution in [1.82, 2.24) is 10.2 Å². The number of likely N-dealkylation sites (N-methyl/N-ethyl adjacent to an activating group) is 1. The molecule has 19 heavy (non-hydrogen) atoms. The molecule has 0 aromatic rings. The van der Waals surface area contributed by atoms with Gasteiger partial charge in [0, 0.05) is 13.1 Å². The van der Waals surface area contributed by atoms with E-state index in [-0.39, 0.29) is 5.97 Å². The second-order valence-corrected chi connectivity index (χ2v) is 5.41. The Labute approximate surface area is 117 Å². The molecule has 1 N–H and O–H groups in total. The summed E-state index contributed by atoms with van der Waals surface area (Å²) in [5.74, 6) is 0.341. The molecule has 112 valence electrons. The largest absolute Gasteiger partial charge is 0.468 e. The lowest BCUT2D eigenvalue weighted by atomic mass is 9.85. The Hall–Kier alpha value is -0.610. The molecular weight excluding hydrogens is 240 g/mol. The molecule has 1 aliphatic rings. The van der Waals surface area contributed by atoms with Crippen molar-refractivity contribution >= 4 is 5.97 Å². The fraction of sp³-hybridized carbons (Fsp3) is 0.933. The smallest absolute Gasteiger partial charge is 0.326 e. The molecule has 1 aliphatic carbocycles. The van der Waals surface area contributed by atoms with Crippen LogP contribution >= 0.6 is 0 Å². The van der Waals surface area contributed by atoms with E-state index >= 15 is 0 Å². The zero-order valence-corrected chi connectivity index (χ0v) is 13.0. The van der Waals surface area contributed by atoms with Crippen LogP contribution in [0.2, 0.25) is 0 Å². The number of hydrogen-bond acceptors (Lipinski definition) is 4. The van der Waals surface area contributed by atoms with E-state index in [4.69, 9.17) is 4.74 Å². The Balaban J connectivity index is 2.63. The molecule has 0 heterocycles. The zero-order valence-electron chi connectivity index (χ0n) is 13.0. The standard InChI is InChI=1S/C15H30N2O2/c1-5-13-9-8-10-15(13,14(18)19-4)16-11-12-17(6-2)7-3/h13,16H,5-12H2,1-4H3. The summed E-state index contributed by atoms with van der Waals surface area (Å²) in [6.07, 6.45) is 4.19. The third kappa shape index (κ3) is 3.69.